The monoisotopic (exact) mass is 250 g/mol. The molecule has 1 heterocycles. The summed E-state index contributed by atoms with van der Waals surface area (Å²) < 4.78 is 11.4. The van der Waals surface area contributed by atoms with Crippen LogP contribution in [0.25, 0.3) is 0 Å². The van der Waals surface area contributed by atoms with Gasteiger partial charge < -0.3 is 14.6 Å². The normalized spacial score (nSPS) is 23.3. The smallest absolute Gasteiger partial charge is 0.163 e. The Bertz CT molecular complexity index is 406. The van der Waals surface area contributed by atoms with Gasteiger partial charge in [0.25, 0.3) is 0 Å². The van der Waals surface area contributed by atoms with Gasteiger partial charge in [0.05, 0.1) is 13.2 Å². The molecule has 0 radical (unpaired) electrons. The Morgan fingerprint density at radius 1 is 1.28 bits per heavy atom. The van der Waals surface area contributed by atoms with E-state index in [1.165, 1.54) is 0 Å². The SMILES string of the molecule is CC1(C)OCC(c2ccc(C(C)(C)CO)cc2)O1. The lowest BCUT2D eigenvalue weighted by Crippen LogP contribution is -2.22. The molecule has 1 unspecified atom stereocenters. The summed E-state index contributed by atoms with van der Waals surface area (Å²) in [7, 11) is 0. The van der Waals surface area contributed by atoms with Crippen LogP contribution in [-0.4, -0.2) is 24.1 Å². The van der Waals surface area contributed by atoms with Crippen LogP contribution >= 0.6 is 0 Å². The van der Waals surface area contributed by atoms with Crippen LogP contribution in [-0.2, 0) is 14.9 Å². The lowest BCUT2D eigenvalue weighted by atomic mass is 9.85. The maximum atomic E-state index is 9.35. The average molecular weight is 250 g/mol. The van der Waals surface area contributed by atoms with Crippen LogP contribution in [0.1, 0.15) is 44.9 Å². The average Bonchev–Trinajstić information content (AvgIpc) is 2.70. The number of hydrogen-bond donors (Lipinski definition) is 1. The first-order chi connectivity index (χ1) is 8.34. The highest BCUT2D eigenvalue weighted by Gasteiger charge is 2.33. The predicted molar refractivity (Wildman–Crippen MR) is 70.4 cm³/mol. The van der Waals surface area contributed by atoms with Crippen molar-refractivity contribution in [2.45, 2.75) is 45.0 Å². The first-order valence-electron chi connectivity index (χ1n) is 6.37. The van der Waals surface area contributed by atoms with Gasteiger partial charge in [0.2, 0.25) is 0 Å². The minimum Gasteiger partial charge on any atom is -0.395 e. The highest BCUT2D eigenvalue weighted by Crippen LogP contribution is 2.33. The first-order valence-corrected chi connectivity index (χ1v) is 6.37. The summed E-state index contributed by atoms with van der Waals surface area (Å²) in [6, 6.07) is 8.23. The maximum absolute atomic E-state index is 9.35. The Labute approximate surface area is 109 Å². The van der Waals surface area contributed by atoms with Crippen LogP contribution < -0.4 is 0 Å². The molecule has 0 bridgehead atoms. The van der Waals surface area contributed by atoms with Crippen molar-refractivity contribution < 1.29 is 14.6 Å². The van der Waals surface area contributed by atoms with Crippen molar-refractivity contribution in [3.8, 4) is 0 Å². The highest BCUT2D eigenvalue weighted by atomic mass is 16.7. The molecular formula is C15H22O3. The topological polar surface area (TPSA) is 38.7 Å². The number of rotatable bonds is 3. The number of hydrogen-bond acceptors (Lipinski definition) is 3. The zero-order valence-corrected chi connectivity index (χ0v) is 11.6. The molecule has 1 aliphatic heterocycles. The number of aliphatic hydroxyl groups excluding tert-OH is 1. The molecule has 0 amide bonds. The molecule has 0 aliphatic carbocycles. The fraction of sp³-hybridized carbons (Fsp3) is 0.600. The van der Waals surface area contributed by atoms with Crippen LogP contribution in [0.15, 0.2) is 24.3 Å². The van der Waals surface area contributed by atoms with Crippen molar-refractivity contribution in [1.29, 1.82) is 0 Å². The van der Waals surface area contributed by atoms with Gasteiger partial charge in [-0.1, -0.05) is 38.1 Å². The van der Waals surface area contributed by atoms with Crippen molar-refractivity contribution in [1.82, 2.24) is 0 Å². The van der Waals surface area contributed by atoms with Crippen LogP contribution in [0, 0.1) is 0 Å². The summed E-state index contributed by atoms with van der Waals surface area (Å²) in [6.45, 7) is 8.64. The highest BCUT2D eigenvalue weighted by molar-refractivity contribution is 5.29. The molecule has 0 spiro atoms. The van der Waals surface area contributed by atoms with Gasteiger partial charge in [0, 0.05) is 5.41 Å². The molecule has 1 aromatic rings. The van der Waals surface area contributed by atoms with E-state index in [9.17, 15) is 5.11 Å². The lowest BCUT2D eigenvalue weighted by Gasteiger charge is -2.23. The number of benzene rings is 1. The molecule has 0 aromatic heterocycles. The van der Waals surface area contributed by atoms with E-state index in [0.29, 0.717) is 6.61 Å². The van der Waals surface area contributed by atoms with E-state index < -0.39 is 5.79 Å². The van der Waals surface area contributed by atoms with Crippen molar-refractivity contribution in [2.24, 2.45) is 0 Å². The Morgan fingerprint density at radius 2 is 1.89 bits per heavy atom. The second-order valence-electron chi connectivity index (χ2n) is 5.98. The Morgan fingerprint density at radius 3 is 2.33 bits per heavy atom. The molecule has 1 N–H and O–H groups in total. The molecule has 3 heteroatoms. The minimum absolute atomic E-state index is 0.00582. The second-order valence-corrected chi connectivity index (χ2v) is 5.98. The zero-order chi connectivity index (χ0) is 13.4. The van der Waals surface area contributed by atoms with E-state index in [-0.39, 0.29) is 18.1 Å². The zero-order valence-electron chi connectivity index (χ0n) is 11.6. The van der Waals surface area contributed by atoms with E-state index in [2.05, 4.69) is 24.3 Å². The fourth-order valence-corrected chi connectivity index (χ4v) is 2.09. The molecule has 1 saturated heterocycles. The Balaban J connectivity index is 2.14. The fourth-order valence-electron chi connectivity index (χ4n) is 2.09. The molecule has 1 aromatic carbocycles. The van der Waals surface area contributed by atoms with E-state index >= 15 is 0 Å². The van der Waals surface area contributed by atoms with E-state index in [4.69, 9.17) is 9.47 Å². The number of ether oxygens (including phenoxy) is 2. The largest absolute Gasteiger partial charge is 0.395 e. The van der Waals surface area contributed by atoms with Gasteiger partial charge in [0.1, 0.15) is 6.10 Å². The van der Waals surface area contributed by atoms with Gasteiger partial charge in [-0.3, -0.25) is 0 Å². The molecule has 2 rings (SSSR count). The molecule has 18 heavy (non-hydrogen) atoms. The van der Waals surface area contributed by atoms with Crippen LogP contribution in [0.4, 0.5) is 0 Å². The summed E-state index contributed by atoms with van der Waals surface area (Å²) in [5.74, 6) is -0.492. The molecule has 0 saturated carbocycles. The lowest BCUT2D eigenvalue weighted by molar-refractivity contribution is -0.139. The predicted octanol–water partition coefficient (Wildman–Crippen LogP) is 2.78. The van der Waals surface area contributed by atoms with E-state index in [1.807, 2.05) is 27.7 Å². The molecule has 1 fully saturated rings. The maximum Gasteiger partial charge on any atom is 0.163 e. The van der Waals surface area contributed by atoms with Crippen LogP contribution in [0.3, 0.4) is 0 Å². The van der Waals surface area contributed by atoms with Crippen molar-refractivity contribution in [3.63, 3.8) is 0 Å². The van der Waals surface area contributed by atoms with Crippen molar-refractivity contribution in [3.05, 3.63) is 35.4 Å². The summed E-state index contributed by atoms with van der Waals surface area (Å²) in [5.41, 5.74) is 2.05. The summed E-state index contributed by atoms with van der Waals surface area (Å²) in [4.78, 5) is 0. The summed E-state index contributed by atoms with van der Waals surface area (Å²) >= 11 is 0. The van der Waals surface area contributed by atoms with Gasteiger partial charge in [-0.15, -0.1) is 0 Å². The second kappa shape index (κ2) is 4.65. The van der Waals surface area contributed by atoms with Crippen molar-refractivity contribution in [2.75, 3.05) is 13.2 Å². The molecule has 3 nitrogen and oxygen atoms in total. The molecule has 1 aliphatic rings. The van der Waals surface area contributed by atoms with Crippen molar-refractivity contribution >= 4 is 0 Å². The Kier molecular flexibility index (Phi) is 3.49. The van der Waals surface area contributed by atoms with E-state index in [0.717, 1.165) is 11.1 Å². The van der Waals surface area contributed by atoms with Crippen LogP contribution in [0.5, 0.6) is 0 Å². The van der Waals surface area contributed by atoms with Crippen LogP contribution in [0.2, 0.25) is 0 Å². The van der Waals surface area contributed by atoms with Gasteiger partial charge >= 0.3 is 0 Å². The molecule has 1 atom stereocenters. The molecular weight excluding hydrogens is 228 g/mol. The third-order valence-corrected chi connectivity index (χ3v) is 3.47. The minimum atomic E-state index is -0.492. The van der Waals surface area contributed by atoms with Gasteiger partial charge in [-0.05, 0) is 25.0 Å². The summed E-state index contributed by atoms with van der Waals surface area (Å²) in [6.07, 6.45) is 0.00582. The summed E-state index contributed by atoms with van der Waals surface area (Å²) in [5, 5.41) is 9.35. The first kappa shape index (κ1) is 13.5. The van der Waals surface area contributed by atoms with Gasteiger partial charge in [-0.2, -0.15) is 0 Å². The quantitative estimate of drug-likeness (QED) is 0.896. The third-order valence-electron chi connectivity index (χ3n) is 3.47. The van der Waals surface area contributed by atoms with Gasteiger partial charge in [0.15, 0.2) is 5.79 Å². The van der Waals surface area contributed by atoms with E-state index in [1.54, 1.807) is 0 Å². The number of aliphatic hydroxyl groups is 1. The Hall–Kier alpha value is -0.900. The van der Waals surface area contributed by atoms with Gasteiger partial charge in [-0.25, -0.2) is 0 Å². The molecule has 100 valence electrons. The standard InChI is InChI=1S/C15H22O3/c1-14(2,10-16)12-7-5-11(6-8-12)13-9-17-15(3,4)18-13/h5-8,13,16H,9-10H2,1-4H3. The third kappa shape index (κ3) is 2.74.